The van der Waals surface area contributed by atoms with E-state index in [0.717, 1.165) is 11.1 Å². The molecule has 0 spiro atoms. The van der Waals surface area contributed by atoms with Gasteiger partial charge in [-0.3, -0.25) is 9.59 Å². The first-order chi connectivity index (χ1) is 16.9. The number of rotatable bonds is 7. The van der Waals surface area contributed by atoms with Crippen molar-refractivity contribution >= 4 is 18.0 Å². The summed E-state index contributed by atoms with van der Waals surface area (Å²) in [6.07, 6.45) is 1.75. The zero-order valence-electron chi connectivity index (χ0n) is 19.4. The Labute approximate surface area is 201 Å². The molecule has 0 aliphatic carbocycles. The maximum Gasteiger partial charge on any atom is 0.304 e. The number of ether oxygens (including phenoxy) is 3. The molecule has 1 aliphatic rings. The van der Waals surface area contributed by atoms with Crippen LogP contribution in [0, 0.1) is 5.82 Å². The molecule has 1 saturated heterocycles. The Bertz CT molecular complexity index is 1260. The average Bonchev–Trinajstić information content (AvgIpc) is 3.18. The molecule has 4 rings (SSSR count). The van der Waals surface area contributed by atoms with Crippen molar-refractivity contribution in [1.82, 2.24) is 10.7 Å². The number of amides is 2. The van der Waals surface area contributed by atoms with Gasteiger partial charge in [0.2, 0.25) is 12.3 Å². The summed E-state index contributed by atoms with van der Waals surface area (Å²) >= 11 is 0. The van der Waals surface area contributed by atoms with Gasteiger partial charge >= 0.3 is 5.91 Å². The van der Waals surface area contributed by atoms with E-state index in [1.165, 1.54) is 24.3 Å². The molecule has 35 heavy (non-hydrogen) atoms. The monoisotopic (exact) mass is 478 g/mol. The number of hydrogen-bond donors (Lipinski definition) is 2. The Balaban J connectivity index is 1.71. The molecule has 0 aromatic heterocycles. The van der Waals surface area contributed by atoms with Gasteiger partial charge in [-0.1, -0.05) is 0 Å². The molecule has 1 heterocycles. The fraction of sp³-hybridized carbons (Fsp3) is 0.192. The highest BCUT2D eigenvalue weighted by Crippen LogP contribution is 2.29. The summed E-state index contributed by atoms with van der Waals surface area (Å²) in [7, 11) is 4.66. The van der Waals surface area contributed by atoms with Gasteiger partial charge < -0.3 is 19.5 Å². The van der Waals surface area contributed by atoms with E-state index in [4.69, 9.17) is 14.2 Å². The summed E-state index contributed by atoms with van der Waals surface area (Å²) in [5, 5.41) is 2.79. The van der Waals surface area contributed by atoms with E-state index in [-0.39, 0.29) is 5.56 Å². The van der Waals surface area contributed by atoms with Crippen molar-refractivity contribution in [1.29, 1.82) is 0 Å². The Morgan fingerprint density at radius 3 is 2.26 bits per heavy atom. The van der Waals surface area contributed by atoms with E-state index < -0.39 is 29.7 Å². The third-order valence-electron chi connectivity index (χ3n) is 5.68. The smallest absolute Gasteiger partial charge is 0.304 e. The van der Waals surface area contributed by atoms with Crippen LogP contribution in [0.3, 0.4) is 0 Å². The number of halogens is 1. The van der Waals surface area contributed by atoms with Gasteiger partial charge in [0.25, 0.3) is 5.91 Å². The van der Waals surface area contributed by atoms with Gasteiger partial charge in [0.15, 0.2) is 17.5 Å². The Hall–Kier alpha value is -4.40. The maximum atomic E-state index is 13.3. The normalized spacial score (nSPS) is 18.2. The highest BCUT2D eigenvalue weighted by atomic mass is 19.1. The number of hydrazone groups is 1. The predicted molar refractivity (Wildman–Crippen MR) is 127 cm³/mol. The van der Waals surface area contributed by atoms with Crippen LogP contribution in [0.25, 0.3) is 0 Å². The molecule has 2 N–H and O–H groups in total. The zero-order valence-corrected chi connectivity index (χ0v) is 19.4. The van der Waals surface area contributed by atoms with E-state index in [2.05, 4.69) is 10.7 Å². The number of carbonyl (C=O) groups is 2. The summed E-state index contributed by atoms with van der Waals surface area (Å²) in [5.74, 6) is 0.440. The molecular weight excluding hydrogens is 453 g/mol. The lowest BCUT2D eigenvalue weighted by molar-refractivity contribution is -0.596. The predicted octanol–water partition coefficient (Wildman–Crippen LogP) is 2.87. The summed E-state index contributed by atoms with van der Waals surface area (Å²) < 4.78 is 30.9. The van der Waals surface area contributed by atoms with Crippen molar-refractivity contribution in [3.05, 3.63) is 89.2 Å². The molecule has 8 nitrogen and oxygen atoms in total. The van der Waals surface area contributed by atoms with Crippen molar-refractivity contribution < 1.29 is 32.9 Å². The van der Waals surface area contributed by atoms with E-state index in [1.54, 1.807) is 56.5 Å². The van der Waals surface area contributed by atoms with Crippen LogP contribution < -0.4 is 25.0 Å². The van der Waals surface area contributed by atoms with Crippen LogP contribution in [0.4, 0.5) is 4.39 Å². The Kier molecular flexibility index (Phi) is 6.96. The van der Waals surface area contributed by atoms with Gasteiger partial charge in [-0.2, -0.15) is 0 Å². The highest BCUT2D eigenvalue weighted by Gasteiger charge is 2.47. The van der Waals surface area contributed by atoms with Crippen molar-refractivity contribution in [2.24, 2.45) is 0 Å². The van der Waals surface area contributed by atoms with Gasteiger partial charge in [-0.15, -0.1) is 10.1 Å². The third kappa shape index (κ3) is 5.08. The summed E-state index contributed by atoms with van der Waals surface area (Å²) in [5.41, 5.74) is 4.58. The molecule has 0 unspecified atom stereocenters. The highest BCUT2D eigenvalue weighted by molar-refractivity contribution is 5.98. The molecule has 2 amide bonds. The minimum atomic E-state index is -0.919. The number of methoxy groups -OCH3 is 3. The van der Waals surface area contributed by atoms with Crippen LogP contribution in [0.1, 0.15) is 27.5 Å². The Morgan fingerprint density at radius 2 is 1.63 bits per heavy atom. The molecular formula is C26H25FN3O5+. The van der Waals surface area contributed by atoms with E-state index in [1.807, 2.05) is 18.2 Å². The minimum Gasteiger partial charge on any atom is -0.497 e. The number of hydrazine groups is 1. The topological polar surface area (TPSA) is 88.9 Å². The molecule has 0 saturated carbocycles. The molecule has 0 radical (unpaired) electrons. The lowest BCUT2D eigenvalue weighted by Gasteiger charge is -2.15. The van der Waals surface area contributed by atoms with E-state index in [0.29, 0.717) is 17.2 Å². The van der Waals surface area contributed by atoms with Crippen LogP contribution in [0.15, 0.2) is 66.7 Å². The fourth-order valence-electron chi connectivity index (χ4n) is 3.90. The van der Waals surface area contributed by atoms with Gasteiger partial charge in [-0.25, -0.2) is 4.39 Å². The largest absolute Gasteiger partial charge is 0.497 e. The SMILES string of the molecule is COc1ccc([C@H]2[C@@H](NC(=O)c3ccc(F)cc3)C(=O)N/[N+]2=C\c2ccc(OC)c(OC)c2)cc1. The quantitative estimate of drug-likeness (QED) is 0.510. The molecule has 1 aliphatic heterocycles. The maximum absolute atomic E-state index is 13.3. The van der Waals surface area contributed by atoms with Crippen LogP contribution in [-0.2, 0) is 4.79 Å². The molecule has 9 heteroatoms. The van der Waals surface area contributed by atoms with Crippen molar-refractivity contribution in [3.63, 3.8) is 0 Å². The molecule has 2 atom stereocenters. The lowest BCUT2D eigenvalue weighted by Crippen LogP contribution is -2.42. The van der Waals surface area contributed by atoms with Crippen molar-refractivity contribution in [3.8, 4) is 17.2 Å². The fourth-order valence-corrected chi connectivity index (χ4v) is 3.90. The molecule has 3 aromatic carbocycles. The number of nitrogens with zero attached hydrogens (tertiary/aromatic N) is 1. The third-order valence-corrected chi connectivity index (χ3v) is 5.68. The van der Waals surface area contributed by atoms with E-state index in [9.17, 15) is 14.0 Å². The second-order valence-electron chi connectivity index (χ2n) is 7.80. The average molecular weight is 479 g/mol. The van der Waals surface area contributed by atoms with Crippen LogP contribution in [0.5, 0.6) is 17.2 Å². The number of nitrogens with one attached hydrogen (secondary N) is 2. The van der Waals surface area contributed by atoms with Crippen LogP contribution >= 0.6 is 0 Å². The minimum absolute atomic E-state index is 0.245. The first-order valence-electron chi connectivity index (χ1n) is 10.8. The first kappa shape index (κ1) is 23.7. The second kappa shape index (κ2) is 10.3. The summed E-state index contributed by atoms with van der Waals surface area (Å²) in [4.78, 5) is 25.9. The zero-order chi connectivity index (χ0) is 24.9. The lowest BCUT2D eigenvalue weighted by atomic mass is 9.99. The van der Waals surface area contributed by atoms with E-state index >= 15 is 0 Å². The van der Waals surface area contributed by atoms with Gasteiger partial charge in [0, 0.05) is 16.7 Å². The number of carbonyl (C=O) groups excluding carboxylic acids is 2. The van der Waals surface area contributed by atoms with Gasteiger partial charge in [0.1, 0.15) is 11.6 Å². The number of hydrogen-bond acceptors (Lipinski definition) is 5. The van der Waals surface area contributed by atoms with Crippen molar-refractivity contribution in [2.75, 3.05) is 21.3 Å². The van der Waals surface area contributed by atoms with Gasteiger partial charge in [-0.05, 0) is 66.7 Å². The molecule has 3 aromatic rings. The van der Waals surface area contributed by atoms with Crippen molar-refractivity contribution in [2.45, 2.75) is 12.1 Å². The van der Waals surface area contributed by atoms with Gasteiger partial charge in [0.05, 0.1) is 21.3 Å². The first-order valence-corrected chi connectivity index (χ1v) is 10.8. The molecule has 180 valence electrons. The molecule has 0 bridgehead atoms. The van der Waals surface area contributed by atoms with Crippen LogP contribution in [0.2, 0.25) is 0 Å². The second-order valence-corrected chi connectivity index (χ2v) is 7.80. The standard InChI is InChI=1S/C26H24FN3O5/c1-33-20-11-7-17(8-12-20)24-23(28-25(31)18-5-9-19(27)10-6-18)26(32)29-30(24)15-16-4-13-21(34-2)22(14-16)35-3/h4-15,23-24H,1-3H3,(H-,28,29,31,32)/p+1/b30-15-/t23-,24+/m1/s1. The number of benzene rings is 3. The summed E-state index contributed by atoms with van der Waals surface area (Å²) in [6.45, 7) is 0. The Morgan fingerprint density at radius 1 is 0.943 bits per heavy atom. The molecule has 1 fully saturated rings. The van der Waals surface area contributed by atoms with Crippen LogP contribution in [-0.4, -0.2) is 50.1 Å². The summed E-state index contributed by atoms with van der Waals surface area (Å²) in [6, 6.07) is 16.2.